The van der Waals surface area contributed by atoms with Crippen LogP contribution in [-0.4, -0.2) is 43.5 Å². The van der Waals surface area contributed by atoms with E-state index in [0.717, 1.165) is 0 Å². The Morgan fingerprint density at radius 2 is 1.89 bits per heavy atom. The molecule has 0 aliphatic carbocycles. The van der Waals surface area contributed by atoms with Crippen molar-refractivity contribution in [3.63, 3.8) is 0 Å². The molecule has 1 heterocycles. The molecule has 0 spiro atoms. The van der Waals surface area contributed by atoms with E-state index in [-0.39, 0.29) is 10.6 Å². The number of nitrogens with one attached hydrogen (secondary N) is 1. The van der Waals surface area contributed by atoms with Crippen molar-refractivity contribution in [2.75, 3.05) is 25.0 Å². The summed E-state index contributed by atoms with van der Waals surface area (Å²) >= 11 is 0. The van der Waals surface area contributed by atoms with E-state index in [9.17, 15) is 13.2 Å². The van der Waals surface area contributed by atoms with E-state index in [4.69, 9.17) is 9.26 Å². The van der Waals surface area contributed by atoms with Gasteiger partial charge in [0.15, 0.2) is 0 Å². The number of hydrogen-bond acceptors (Lipinski definition) is 6. The van der Waals surface area contributed by atoms with Crippen LogP contribution in [0.2, 0.25) is 0 Å². The standard InChI is InChI=1S/C18H25N3O5S/c1-6-21(7-2)27(23,24)14-9-10-16(25-8-3)15(11-14)19-18(22)17-12(4)20-26-13(17)5/h9-11H,6-8H2,1-5H3,(H,19,22). The fourth-order valence-electron chi connectivity index (χ4n) is 2.75. The molecule has 1 aromatic carbocycles. The molecule has 27 heavy (non-hydrogen) atoms. The molecular formula is C18H25N3O5S. The van der Waals surface area contributed by atoms with Crippen LogP contribution >= 0.6 is 0 Å². The third-order valence-corrected chi connectivity index (χ3v) is 6.15. The first-order chi connectivity index (χ1) is 12.8. The molecule has 0 saturated heterocycles. The molecule has 0 bridgehead atoms. The summed E-state index contributed by atoms with van der Waals surface area (Å²) in [5.41, 5.74) is 1.04. The average molecular weight is 395 g/mol. The van der Waals surface area contributed by atoms with Crippen molar-refractivity contribution in [1.29, 1.82) is 0 Å². The van der Waals surface area contributed by atoms with Gasteiger partial charge >= 0.3 is 0 Å². The van der Waals surface area contributed by atoms with E-state index in [1.54, 1.807) is 40.7 Å². The number of nitrogens with zero attached hydrogens (tertiary/aromatic N) is 2. The van der Waals surface area contributed by atoms with Gasteiger partial charge in [0.1, 0.15) is 17.1 Å². The number of aromatic nitrogens is 1. The number of amides is 1. The van der Waals surface area contributed by atoms with Crippen LogP contribution in [0.4, 0.5) is 5.69 Å². The summed E-state index contributed by atoms with van der Waals surface area (Å²) in [5, 5.41) is 6.49. The van der Waals surface area contributed by atoms with Crippen molar-refractivity contribution in [2.45, 2.75) is 39.5 Å². The van der Waals surface area contributed by atoms with Gasteiger partial charge in [-0.25, -0.2) is 8.42 Å². The van der Waals surface area contributed by atoms with Crippen molar-refractivity contribution in [2.24, 2.45) is 0 Å². The van der Waals surface area contributed by atoms with Crippen LogP contribution in [0.25, 0.3) is 0 Å². The zero-order valence-electron chi connectivity index (χ0n) is 16.2. The molecule has 0 radical (unpaired) electrons. The summed E-state index contributed by atoms with van der Waals surface area (Å²) in [6.07, 6.45) is 0. The summed E-state index contributed by atoms with van der Waals surface area (Å²) in [7, 11) is -3.67. The van der Waals surface area contributed by atoms with Crippen LogP contribution in [0.3, 0.4) is 0 Å². The molecule has 8 nitrogen and oxygen atoms in total. The molecule has 0 unspecified atom stereocenters. The normalized spacial score (nSPS) is 11.6. The zero-order valence-corrected chi connectivity index (χ0v) is 17.0. The molecule has 0 aliphatic rings. The largest absolute Gasteiger partial charge is 0.492 e. The van der Waals surface area contributed by atoms with Gasteiger partial charge in [-0.3, -0.25) is 4.79 Å². The second-order valence-electron chi connectivity index (χ2n) is 5.83. The molecule has 1 aromatic heterocycles. The molecule has 9 heteroatoms. The summed E-state index contributed by atoms with van der Waals surface area (Å²) < 4.78 is 37.5. The predicted octanol–water partition coefficient (Wildman–Crippen LogP) is 2.97. The molecule has 2 rings (SSSR count). The van der Waals surface area contributed by atoms with Crippen molar-refractivity contribution >= 4 is 21.6 Å². The minimum atomic E-state index is -3.67. The lowest BCUT2D eigenvalue weighted by Gasteiger charge is -2.20. The van der Waals surface area contributed by atoms with E-state index < -0.39 is 15.9 Å². The number of rotatable bonds is 8. The number of aryl methyl sites for hydroxylation is 2. The Kier molecular flexibility index (Phi) is 6.61. The highest BCUT2D eigenvalue weighted by atomic mass is 32.2. The van der Waals surface area contributed by atoms with Crippen molar-refractivity contribution in [3.8, 4) is 5.75 Å². The van der Waals surface area contributed by atoms with E-state index in [0.29, 0.717) is 42.5 Å². The van der Waals surface area contributed by atoms with Gasteiger partial charge in [0.2, 0.25) is 10.0 Å². The molecule has 148 valence electrons. The van der Waals surface area contributed by atoms with Crippen molar-refractivity contribution in [1.82, 2.24) is 9.46 Å². The Morgan fingerprint density at radius 3 is 2.41 bits per heavy atom. The number of hydrogen-bond donors (Lipinski definition) is 1. The van der Waals surface area contributed by atoms with Gasteiger partial charge < -0.3 is 14.6 Å². The third-order valence-electron chi connectivity index (χ3n) is 4.10. The Balaban J connectivity index is 2.46. The Hall–Kier alpha value is -2.39. The third kappa shape index (κ3) is 4.30. The summed E-state index contributed by atoms with van der Waals surface area (Å²) in [6, 6.07) is 4.43. The SMILES string of the molecule is CCOc1ccc(S(=O)(=O)N(CC)CC)cc1NC(=O)c1c(C)noc1C. The lowest BCUT2D eigenvalue weighted by molar-refractivity contribution is 0.102. The Bertz CT molecular complexity index is 898. The van der Waals surface area contributed by atoms with E-state index >= 15 is 0 Å². The predicted molar refractivity (Wildman–Crippen MR) is 102 cm³/mol. The van der Waals surface area contributed by atoms with Crippen molar-refractivity contribution < 1.29 is 22.5 Å². The molecule has 2 aromatic rings. The number of carbonyl (C=O) groups is 1. The summed E-state index contributed by atoms with van der Waals surface area (Å²) in [6.45, 7) is 9.73. The molecule has 0 fully saturated rings. The molecule has 1 amide bonds. The average Bonchev–Trinajstić information content (AvgIpc) is 2.96. The highest BCUT2D eigenvalue weighted by Gasteiger charge is 2.24. The number of ether oxygens (including phenoxy) is 1. The van der Waals surface area contributed by atoms with Gasteiger partial charge in [0.25, 0.3) is 5.91 Å². The fourth-order valence-corrected chi connectivity index (χ4v) is 4.24. The number of anilines is 1. The number of carbonyl (C=O) groups excluding carboxylic acids is 1. The van der Waals surface area contributed by atoms with Gasteiger partial charge in [-0.1, -0.05) is 19.0 Å². The van der Waals surface area contributed by atoms with Crippen LogP contribution < -0.4 is 10.1 Å². The smallest absolute Gasteiger partial charge is 0.261 e. The maximum absolute atomic E-state index is 12.8. The first-order valence-electron chi connectivity index (χ1n) is 8.77. The second kappa shape index (κ2) is 8.53. The van der Waals surface area contributed by atoms with Gasteiger partial charge in [0.05, 0.1) is 22.9 Å². The molecule has 0 aliphatic heterocycles. The van der Waals surface area contributed by atoms with E-state index in [1.165, 1.54) is 16.4 Å². The zero-order chi connectivity index (χ0) is 20.2. The van der Waals surface area contributed by atoms with Crippen molar-refractivity contribution in [3.05, 3.63) is 35.2 Å². The van der Waals surface area contributed by atoms with Gasteiger partial charge in [0, 0.05) is 13.1 Å². The van der Waals surface area contributed by atoms with E-state index in [2.05, 4.69) is 10.5 Å². The lowest BCUT2D eigenvalue weighted by atomic mass is 10.2. The highest BCUT2D eigenvalue weighted by Crippen LogP contribution is 2.30. The number of sulfonamides is 1. The quantitative estimate of drug-likeness (QED) is 0.737. The van der Waals surface area contributed by atoms with Gasteiger partial charge in [-0.2, -0.15) is 4.31 Å². The minimum Gasteiger partial charge on any atom is -0.492 e. The molecule has 0 atom stereocenters. The van der Waals surface area contributed by atoms with Crippen LogP contribution in [-0.2, 0) is 10.0 Å². The molecular weight excluding hydrogens is 370 g/mol. The summed E-state index contributed by atoms with van der Waals surface area (Å²) in [4.78, 5) is 12.7. The summed E-state index contributed by atoms with van der Waals surface area (Å²) in [5.74, 6) is 0.329. The van der Waals surface area contributed by atoms with Crippen LogP contribution in [0.1, 0.15) is 42.6 Å². The maximum Gasteiger partial charge on any atom is 0.261 e. The van der Waals surface area contributed by atoms with Gasteiger partial charge in [-0.05, 0) is 39.0 Å². The highest BCUT2D eigenvalue weighted by molar-refractivity contribution is 7.89. The first-order valence-corrected chi connectivity index (χ1v) is 10.2. The van der Waals surface area contributed by atoms with Gasteiger partial charge in [-0.15, -0.1) is 0 Å². The Morgan fingerprint density at radius 1 is 1.22 bits per heavy atom. The maximum atomic E-state index is 12.8. The minimum absolute atomic E-state index is 0.0868. The molecule has 0 saturated carbocycles. The van der Waals surface area contributed by atoms with Crippen LogP contribution in [0, 0.1) is 13.8 Å². The Labute approximate surface area is 159 Å². The number of benzene rings is 1. The monoisotopic (exact) mass is 395 g/mol. The van der Waals surface area contributed by atoms with Crippen LogP contribution in [0.15, 0.2) is 27.6 Å². The topological polar surface area (TPSA) is 102 Å². The fraction of sp³-hybridized carbons (Fsp3) is 0.444. The second-order valence-corrected chi connectivity index (χ2v) is 7.77. The lowest BCUT2D eigenvalue weighted by Crippen LogP contribution is -2.30. The van der Waals surface area contributed by atoms with Crippen LogP contribution in [0.5, 0.6) is 5.75 Å². The molecule has 1 N–H and O–H groups in total. The first kappa shape index (κ1) is 20.9. The van der Waals surface area contributed by atoms with E-state index in [1.807, 2.05) is 0 Å².